The summed E-state index contributed by atoms with van der Waals surface area (Å²) in [4.78, 5) is 8.87. The number of hydrogen-bond donors (Lipinski definition) is 1. The lowest BCUT2D eigenvalue weighted by Crippen LogP contribution is -2.04. The molecule has 0 radical (unpaired) electrons. The van der Waals surface area contributed by atoms with Crippen LogP contribution in [0, 0.1) is 5.82 Å². The summed E-state index contributed by atoms with van der Waals surface area (Å²) in [5.74, 6) is 1.35. The van der Waals surface area contributed by atoms with Crippen molar-refractivity contribution in [3.63, 3.8) is 0 Å². The Morgan fingerprint density at radius 1 is 1.17 bits per heavy atom. The Labute approximate surface area is 106 Å². The predicted molar refractivity (Wildman–Crippen MR) is 70.2 cm³/mol. The van der Waals surface area contributed by atoms with Gasteiger partial charge in [0.05, 0.1) is 0 Å². The average molecular weight is 245 g/mol. The van der Waals surface area contributed by atoms with E-state index in [1.165, 1.54) is 12.1 Å². The fourth-order valence-corrected chi connectivity index (χ4v) is 1.73. The number of nitrogens with one attached hydrogen (secondary N) is 1. The minimum Gasteiger partial charge on any atom is -0.373 e. The van der Waals surface area contributed by atoms with E-state index in [1.807, 2.05) is 13.1 Å². The summed E-state index contributed by atoms with van der Waals surface area (Å²) in [5, 5.41) is 3.03. The van der Waals surface area contributed by atoms with Gasteiger partial charge in [-0.05, 0) is 24.1 Å². The van der Waals surface area contributed by atoms with Crippen LogP contribution in [0.25, 0.3) is 0 Å². The van der Waals surface area contributed by atoms with E-state index in [-0.39, 0.29) is 5.82 Å². The summed E-state index contributed by atoms with van der Waals surface area (Å²) < 4.78 is 12.8. The third-order valence-electron chi connectivity index (χ3n) is 2.72. The Morgan fingerprint density at radius 3 is 2.50 bits per heavy atom. The first-order chi connectivity index (χ1) is 8.71. The lowest BCUT2D eigenvalue weighted by Gasteiger charge is -2.06. The van der Waals surface area contributed by atoms with E-state index in [2.05, 4.69) is 22.2 Å². The van der Waals surface area contributed by atoms with Crippen LogP contribution in [0.3, 0.4) is 0 Å². The monoisotopic (exact) mass is 245 g/mol. The van der Waals surface area contributed by atoms with Crippen LogP contribution in [0.4, 0.5) is 10.2 Å². The van der Waals surface area contributed by atoms with Crippen molar-refractivity contribution in [1.29, 1.82) is 0 Å². The minimum absolute atomic E-state index is 0.224. The molecule has 1 aromatic carbocycles. The summed E-state index contributed by atoms with van der Waals surface area (Å²) >= 11 is 0. The van der Waals surface area contributed by atoms with Crippen LogP contribution in [0.2, 0.25) is 0 Å². The maximum Gasteiger partial charge on any atom is 0.135 e. The van der Waals surface area contributed by atoms with Crippen molar-refractivity contribution < 1.29 is 4.39 Å². The molecule has 0 spiro atoms. The van der Waals surface area contributed by atoms with Gasteiger partial charge in [0.15, 0.2) is 0 Å². The molecule has 2 aromatic rings. The van der Waals surface area contributed by atoms with Crippen LogP contribution in [0.1, 0.15) is 24.0 Å². The summed E-state index contributed by atoms with van der Waals surface area (Å²) in [6, 6.07) is 8.37. The number of nitrogens with zero attached hydrogens (tertiary/aromatic N) is 2. The second-order valence-electron chi connectivity index (χ2n) is 4.07. The highest BCUT2D eigenvalue weighted by atomic mass is 19.1. The lowest BCUT2D eigenvalue weighted by molar-refractivity contribution is 0.627. The molecule has 1 N–H and O–H groups in total. The third-order valence-corrected chi connectivity index (χ3v) is 2.72. The van der Waals surface area contributed by atoms with Gasteiger partial charge in [-0.1, -0.05) is 19.1 Å². The third kappa shape index (κ3) is 3.03. The molecule has 1 heterocycles. The molecule has 0 saturated heterocycles. The van der Waals surface area contributed by atoms with Gasteiger partial charge in [-0.2, -0.15) is 0 Å². The van der Waals surface area contributed by atoms with Crippen LogP contribution >= 0.6 is 0 Å². The van der Waals surface area contributed by atoms with E-state index in [9.17, 15) is 4.39 Å². The highest BCUT2D eigenvalue weighted by molar-refractivity contribution is 5.36. The fraction of sp³-hybridized carbons (Fsp3) is 0.286. The minimum atomic E-state index is -0.224. The first-order valence-corrected chi connectivity index (χ1v) is 6.00. The molecule has 18 heavy (non-hydrogen) atoms. The molecule has 0 amide bonds. The van der Waals surface area contributed by atoms with Gasteiger partial charge in [0, 0.05) is 25.2 Å². The van der Waals surface area contributed by atoms with Crippen molar-refractivity contribution >= 4 is 5.82 Å². The summed E-state index contributed by atoms with van der Waals surface area (Å²) in [7, 11) is 1.84. The number of benzene rings is 1. The lowest BCUT2D eigenvalue weighted by atomic mass is 10.1. The first kappa shape index (κ1) is 12.5. The zero-order chi connectivity index (χ0) is 13.0. The molecule has 0 bridgehead atoms. The Kier molecular flexibility index (Phi) is 3.87. The quantitative estimate of drug-likeness (QED) is 0.900. The molecular weight excluding hydrogens is 229 g/mol. The number of anilines is 1. The van der Waals surface area contributed by atoms with Crippen molar-refractivity contribution in [3.8, 4) is 0 Å². The number of halogens is 1. The van der Waals surface area contributed by atoms with E-state index in [0.29, 0.717) is 6.42 Å². The van der Waals surface area contributed by atoms with Crippen LogP contribution in [-0.2, 0) is 12.8 Å². The van der Waals surface area contributed by atoms with Gasteiger partial charge in [0.25, 0.3) is 0 Å². The smallest absolute Gasteiger partial charge is 0.135 e. The Morgan fingerprint density at radius 2 is 1.89 bits per heavy atom. The van der Waals surface area contributed by atoms with E-state index in [0.717, 1.165) is 29.3 Å². The van der Waals surface area contributed by atoms with Crippen molar-refractivity contribution in [2.75, 3.05) is 12.4 Å². The van der Waals surface area contributed by atoms with E-state index in [1.54, 1.807) is 12.1 Å². The zero-order valence-corrected chi connectivity index (χ0v) is 10.6. The molecule has 94 valence electrons. The van der Waals surface area contributed by atoms with Crippen molar-refractivity contribution in [1.82, 2.24) is 9.97 Å². The summed E-state index contributed by atoms with van der Waals surface area (Å²) in [5.41, 5.74) is 2.01. The average Bonchev–Trinajstić information content (AvgIpc) is 2.41. The second kappa shape index (κ2) is 5.58. The van der Waals surface area contributed by atoms with Gasteiger partial charge in [-0.25, -0.2) is 14.4 Å². The molecular formula is C14H16FN3. The van der Waals surface area contributed by atoms with Gasteiger partial charge in [-0.3, -0.25) is 0 Å². The van der Waals surface area contributed by atoms with Crippen LogP contribution < -0.4 is 5.32 Å². The van der Waals surface area contributed by atoms with Gasteiger partial charge in [0.2, 0.25) is 0 Å². The molecule has 0 atom stereocenters. The molecule has 2 rings (SSSR count). The van der Waals surface area contributed by atoms with Crippen molar-refractivity contribution in [2.24, 2.45) is 0 Å². The number of aryl methyl sites for hydroxylation is 1. The van der Waals surface area contributed by atoms with Gasteiger partial charge < -0.3 is 5.32 Å². The normalized spacial score (nSPS) is 10.4. The largest absolute Gasteiger partial charge is 0.373 e. The molecule has 0 unspecified atom stereocenters. The first-order valence-electron chi connectivity index (χ1n) is 6.00. The summed E-state index contributed by atoms with van der Waals surface area (Å²) in [6.45, 7) is 2.06. The Bertz CT molecular complexity index is 501. The Hall–Kier alpha value is -1.97. The molecule has 4 heteroatoms. The molecule has 0 saturated carbocycles. The van der Waals surface area contributed by atoms with Crippen LogP contribution in [0.5, 0.6) is 0 Å². The fourth-order valence-electron chi connectivity index (χ4n) is 1.73. The number of aromatic nitrogens is 2. The van der Waals surface area contributed by atoms with Gasteiger partial charge in [0.1, 0.15) is 17.5 Å². The van der Waals surface area contributed by atoms with Crippen molar-refractivity contribution in [3.05, 3.63) is 53.2 Å². The van der Waals surface area contributed by atoms with Gasteiger partial charge in [-0.15, -0.1) is 0 Å². The maximum atomic E-state index is 12.8. The molecule has 1 aromatic heterocycles. The topological polar surface area (TPSA) is 37.8 Å². The molecule has 0 aliphatic rings. The van der Waals surface area contributed by atoms with E-state index in [4.69, 9.17) is 0 Å². The predicted octanol–water partition coefficient (Wildman–Crippen LogP) is 2.81. The standard InChI is InChI=1S/C14H16FN3/c1-3-12-9-13(16-2)18-14(17-12)8-10-4-6-11(15)7-5-10/h4-7,9H,3,8H2,1-2H3,(H,16,17,18). The number of rotatable bonds is 4. The van der Waals surface area contributed by atoms with Gasteiger partial charge >= 0.3 is 0 Å². The molecule has 0 aliphatic carbocycles. The van der Waals surface area contributed by atoms with E-state index >= 15 is 0 Å². The van der Waals surface area contributed by atoms with E-state index < -0.39 is 0 Å². The maximum absolute atomic E-state index is 12.8. The number of hydrogen-bond acceptors (Lipinski definition) is 3. The second-order valence-corrected chi connectivity index (χ2v) is 4.07. The van der Waals surface area contributed by atoms with Crippen molar-refractivity contribution in [2.45, 2.75) is 19.8 Å². The molecule has 3 nitrogen and oxygen atoms in total. The zero-order valence-electron chi connectivity index (χ0n) is 10.6. The highest BCUT2D eigenvalue weighted by Crippen LogP contribution is 2.11. The van der Waals surface area contributed by atoms with Crippen LogP contribution in [0.15, 0.2) is 30.3 Å². The van der Waals surface area contributed by atoms with Crippen LogP contribution in [-0.4, -0.2) is 17.0 Å². The SMILES string of the molecule is CCc1cc(NC)nc(Cc2ccc(F)cc2)n1. The summed E-state index contributed by atoms with van der Waals surface area (Å²) in [6.07, 6.45) is 1.48. The molecule has 0 aliphatic heterocycles. The molecule has 0 fully saturated rings. The highest BCUT2D eigenvalue weighted by Gasteiger charge is 2.04. The Balaban J connectivity index is 2.25.